The molecule has 80 valence electrons. The molecule has 1 heterocycles. The number of hydrogen-bond acceptors (Lipinski definition) is 6. The molecule has 0 aliphatic heterocycles. The number of aromatic nitrogens is 2. The number of methoxy groups -OCH3 is 1. The average Bonchev–Trinajstić information content (AvgIpc) is 2.63. The Hall–Kier alpha value is -0.720. The normalized spacial score (nSPS) is 10.5. The van der Waals surface area contributed by atoms with Crippen molar-refractivity contribution in [3.05, 3.63) is 5.82 Å². The van der Waals surface area contributed by atoms with Crippen molar-refractivity contribution < 1.29 is 9.84 Å². The van der Waals surface area contributed by atoms with E-state index in [4.69, 9.17) is 9.84 Å². The van der Waals surface area contributed by atoms with Gasteiger partial charge in [0.2, 0.25) is 5.13 Å². The maximum Gasteiger partial charge on any atom is 0.205 e. The van der Waals surface area contributed by atoms with Crippen LogP contribution >= 0.6 is 11.5 Å². The first kappa shape index (κ1) is 11.4. The van der Waals surface area contributed by atoms with Gasteiger partial charge in [-0.25, -0.2) is 4.98 Å². The van der Waals surface area contributed by atoms with E-state index in [1.165, 1.54) is 11.5 Å². The molecule has 1 aromatic rings. The number of likely N-dealkylation sites (N-methyl/N-ethyl adjacent to an activating group) is 1. The highest BCUT2D eigenvalue weighted by atomic mass is 32.1. The van der Waals surface area contributed by atoms with Gasteiger partial charge in [0.25, 0.3) is 0 Å². The van der Waals surface area contributed by atoms with E-state index in [0.29, 0.717) is 19.0 Å². The minimum atomic E-state index is 0.132. The Morgan fingerprint density at radius 2 is 2.36 bits per heavy atom. The van der Waals surface area contributed by atoms with Crippen molar-refractivity contribution in [2.24, 2.45) is 0 Å². The van der Waals surface area contributed by atoms with Crippen LogP contribution < -0.4 is 4.90 Å². The van der Waals surface area contributed by atoms with E-state index in [2.05, 4.69) is 9.36 Å². The number of ether oxygens (including phenoxy) is 1. The van der Waals surface area contributed by atoms with Crippen LogP contribution in [0.25, 0.3) is 0 Å². The summed E-state index contributed by atoms with van der Waals surface area (Å²) in [4.78, 5) is 6.27. The third-order valence-corrected chi connectivity index (χ3v) is 2.57. The standard InChI is InChI=1S/C8H15N3O2S/c1-3-11(4-5-12)8-9-7(6-13-2)10-14-8/h12H,3-6H2,1-2H3. The Morgan fingerprint density at radius 1 is 1.57 bits per heavy atom. The maximum atomic E-state index is 8.83. The van der Waals surface area contributed by atoms with Crippen LogP contribution in [0.4, 0.5) is 5.13 Å². The molecule has 0 aromatic carbocycles. The molecule has 0 spiro atoms. The molecule has 0 unspecified atom stereocenters. The number of anilines is 1. The fourth-order valence-electron chi connectivity index (χ4n) is 1.07. The molecule has 1 aromatic heterocycles. The van der Waals surface area contributed by atoms with Gasteiger partial charge in [0.1, 0.15) is 6.61 Å². The summed E-state index contributed by atoms with van der Waals surface area (Å²) >= 11 is 1.34. The summed E-state index contributed by atoms with van der Waals surface area (Å²) in [5.74, 6) is 0.698. The van der Waals surface area contributed by atoms with Crippen LogP contribution in [0.3, 0.4) is 0 Å². The number of nitrogens with zero attached hydrogens (tertiary/aromatic N) is 3. The molecule has 0 amide bonds. The summed E-state index contributed by atoms with van der Waals surface area (Å²) in [6.07, 6.45) is 0. The number of aliphatic hydroxyl groups is 1. The summed E-state index contributed by atoms with van der Waals surface area (Å²) in [5.41, 5.74) is 0. The maximum absolute atomic E-state index is 8.83. The van der Waals surface area contributed by atoms with Crippen molar-refractivity contribution in [1.82, 2.24) is 9.36 Å². The van der Waals surface area contributed by atoms with Crippen LogP contribution in [0.1, 0.15) is 12.7 Å². The first-order valence-corrected chi connectivity index (χ1v) is 5.26. The second-order valence-corrected chi connectivity index (χ2v) is 3.46. The molecule has 5 nitrogen and oxygen atoms in total. The van der Waals surface area contributed by atoms with E-state index in [-0.39, 0.29) is 6.61 Å². The molecule has 1 rings (SSSR count). The Morgan fingerprint density at radius 3 is 2.93 bits per heavy atom. The van der Waals surface area contributed by atoms with E-state index < -0.39 is 0 Å². The minimum absolute atomic E-state index is 0.132. The molecule has 0 fully saturated rings. The predicted octanol–water partition coefficient (Wildman–Crippen LogP) is 0.503. The molecule has 0 saturated heterocycles. The van der Waals surface area contributed by atoms with Crippen molar-refractivity contribution in [2.75, 3.05) is 31.7 Å². The molecular formula is C8H15N3O2S. The van der Waals surface area contributed by atoms with E-state index in [9.17, 15) is 0 Å². The van der Waals surface area contributed by atoms with Crippen molar-refractivity contribution in [2.45, 2.75) is 13.5 Å². The fourth-order valence-corrected chi connectivity index (χ4v) is 1.83. The van der Waals surface area contributed by atoms with Gasteiger partial charge in [0, 0.05) is 31.7 Å². The van der Waals surface area contributed by atoms with Crippen molar-refractivity contribution in [1.29, 1.82) is 0 Å². The fraction of sp³-hybridized carbons (Fsp3) is 0.750. The molecule has 0 bridgehead atoms. The van der Waals surface area contributed by atoms with Gasteiger partial charge in [-0.1, -0.05) is 0 Å². The van der Waals surface area contributed by atoms with Gasteiger partial charge < -0.3 is 14.7 Å². The van der Waals surface area contributed by atoms with Gasteiger partial charge in [-0.05, 0) is 6.92 Å². The summed E-state index contributed by atoms with van der Waals surface area (Å²) in [7, 11) is 1.62. The van der Waals surface area contributed by atoms with Gasteiger partial charge in [-0.2, -0.15) is 4.37 Å². The van der Waals surface area contributed by atoms with Crippen LogP contribution in [0.15, 0.2) is 0 Å². The molecule has 0 aliphatic rings. The van der Waals surface area contributed by atoms with E-state index in [1.807, 2.05) is 11.8 Å². The van der Waals surface area contributed by atoms with Crippen molar-refractivity contribution in [3.8, 4) is 0 Å². The van der Waals surface area contributed by atoms with Crippen LogP contribution in [0.5, 0.6) is 0 Å². The lowest BCUT2D eigenvalue weighted by Gasteiger charge is -2.16. The summed E-state index contributed by atoms with van der Waals surface area (Å²) < 4.78 is 9.07. The topological polar surface area (TPSA) is 58.5 Å². The highest BCUT2D eigenvalue weighted by Gasteiger charge is 2.09. The van der Waals surface area contributed by atoms with Gasteiger partial charge in [0.15, 0.2) is 5.82 Å². The minimum Gasteiger partial charge on any atom is -0.395 e. The molecule has 0 aliphatic carbocycles. The lowest BCUT2D eigenvalue weighted by molar-refractivity contribution is 0.179. The largest absolute Gasteiger partial charge is 0.395 e. The van der Waals surface area contributed by atoms with Crippen molar-refractivity contribution in [3.63, 3.8) is 0 Å². The monoisotopic (exact) mass is 217 g/mol. The number of rotatable bonds is 6. The molecule has 14 heavy (non-hydrogen) atoms. The van der Waals surface area contributed by atoms with Crippen LogP contribution in [-0.2, 0) is 11.3 Å². The molecule has 0 saturated carbocycles. The first-order chi connectivity index (χ1) is 6.81. The Balaban J connectivity index is 2.63. The zero-order valence-corrected chi connectivity index (χ0v) is 9.25. The molecule has 0 radical (unpaired) electrons. The highest BCUT2D eigenvalue weighted by molar-refractivity contribution is 7.09. The highest BCUT2D eigenvalue weighted by Crippen LogP contribution is 2.16. The number of aliphatic hydroxyl groups excluding tert-OH is 1. The summed E-state index contributed by atoms with van der Waals surface area (Å²) in [6, 6.07) is 0. The van der Waals surface area contributed by atoms with E-state index in [1.54, 1.807) is 7.11 Å². The second kappa shape index (κ2) is 5.90. The average molecular weight is 217 g/mol. The Bertz CT molecular complexity index is 267. The quantitative estimate of drug-likeness (QED) is 0.752. The van der Waals surface area contributed by atoms with Crippen LogP contribution in [-0.4, -0.2) is 41.3 Å². The lowest BCUT2D eigenvalue weighted by atomic mass is 10.5. The van der Waals surface area contributed by atoms with Crippen LogP contribution in [0, 0.1) is 0 Å². The number of hydrogen-bond donors (Lipinski definition) is 1. The van der Waals surface area contributed by atoms with Gasteiger partial charge >= 0.3 is 0 Å². The summed E-state index contributed by atoms with van der Waals surface area (Å²) in [6.45, 7) is 4.01. The first-order valence-electron chi connectivity index (χ1n) is 4.49. The van der Waals surface area contributed by atoms with Gasteiger partial charge in [-0.15, -0.1) is 0 Å². The lowest BCUT2D eigenvalue weighted by Crippen LogP contribution is -2.25. The summed E-state index contributed by atoms with van der Waals surface area (Å²) in [5, 5.41) is 9.67. The zero-order chi connectivity index (χ0) is 10.4. The zero-order valence-electron chi connectivity index (χ0n) is 8.43. The molecule has 1 N–H and O–H groups in total. The van der Waals surface area contributed by atoms with E-state index >= 15 is 0 Å². The van der Waals surface area contributed by atoms with Crippen molar-refractivity contribution >= 4 is 16.7 Å². The molecular weight excluding hydrogens is 202 g/mol. The SMILES string of the molecule is CCN(CCO)c1nc(COC)ns1. The van der Waals surface area contributed by atoms with Gasteiger partial charge in [-0.3, -0.25) is 0 Å². The van der Waals surface area contributed by atoms with Gasteiger partial charge in [0.05, 0.1) is 6.61 Å². The predicted molar refractivity (Wildman–Crippen MR) is 55.6 cm³/mol. The third-order valence-electron chi connectivity index (χ3n) is 1.75. The smallest absolute Gasteiger partial charge is 0.205 e. The third kappa shape index (κ3) is 2.90. The Labute approximate surface area is 87.5 Å². The molecule has 0 atom stereocenters. The second-order valence-electron chi connectivity index (χ2n) is 2.73. The molecule has 6 heteroatoms. The van der Waals surface area contributed by atoms with E-state index in [0.717, 1.165) is 11.7 Å². The Kier molecular flexibility index (Phi) is 4.78. The van der Waals surface area contributed by atoms with Crippen LogP contribution in [0.2, 0.25) is 0 Å².